The molecule has 2 N–H and O–H groups in total. The van der Waals surface area contributed by atoms with Gasteiger partial charge in [-0.05, 0) is 51.0 Å². The van der Waals surface area contributed by atoms with Gasteiger partial charge in [-0.3, -0.25) is 9.89 Å². The second kappa shape index (κ2) is 5.90. The number of H-pyrrole nitrogens is 1. The lowest BCUT2D eigenvalue weighted by Crippen LogP contribution is -2.14. The molecule has 0 aliphatic heterocycles. The van der Waals surface area contributed by atoms with Crippen molar-refractivity contribution in [1.29, 1.82) is 0 Å². The number of aromatic nitrogens is 5. The van der Waals surface area contributed by atoms with Gasteiger partial charge in [0.25, 0.3) is 5.91 Å². The molecule has 4 aromatic rings. The van der Waals surface area contributed by atoms with Crippen molar-refractivity contribution < 1.29 is 4.79 Å². The first-order valence-electron chi connectivity index (χ1n) is 9.23. The number of anilines is 1. The van der Waals surface area contributed by atoms with Crippen molar-refractivity contribution in [3.63, 3.8) is 0 Å². The number of hydrogen-bond donors (Lipinski definition) is 2. The van der Waals surface area contributed by atoms with Gasteiger partial charge in [-0.15, -0.1) is 0 Å². The van der Waals surface area contributed by atoms with Crippen LogP contribution in [-0.4, -0.2) is 30.9 Å². The minimum absolute atomic E-state index is 0.143. The Bertz CT molecular complexity index is 1170. The van der Waals surface area contributed by atoms with Crippen LogP contribution in [0.5, 0.6) is 0 Å². The monoisotopic (exact) mass is 360 g/mol. The molecule has 0 spiro atoms. The summed E-state index contributed by atoms with van der Waals surface area (Å²) in [5, 5.41) is 16.2. The highest BCUT2D eigenvalue weighted by atomic mass is 16.1. The van der Waals surface area contributed by atoms with Crippen molar-refractivity contribution in [1.82, 2.24) is 25.0 Å². The number of hydrogen-bond acceptors (Lipinski definition) is 4. The summed E-state index contributed by atoms with van der Waals surface area (Å²) in [5.41, 5.74) is 4.07. The van der Waals surface area contributed by atoms with Gasteiger partial charge in [0.05, 0.1) is 28.9 Å². The van der Waals surface area contributed by atoms with Crippen LogP contribution in [0.1, 0.15) is 54.7 Å². The molecule has 136 valence electrons. The van der Waals surface area contributed by atoms with E-state index in [1.807, 2.05) is 28.9 Å². The normalized spacial score (nSPS) is 14.3. The molecule has 1 aromatic carbocycles. The number of benzene rings is 1. The lowest BCUT2D eigenvalue weighted by Gasteiger charge is -2.11. The summed E-state index contributed by atoms with van der Waals surface area (Å²) >= 11 is 0. The average Bonchev–Trinajstić information content (AvgIpc) is 3.24. The molecule has 0 atom stereocenters. The molecule has 7 nitrogen and oxygen atoms in total. The van der Waals surface area contributed by atoms with Crippen LogP contribution < -0.4 is 5.32 Å². The second-order valence-corrected chi connectivity index (χ2v) is 7.42. The van der Waals surface area contributed by atoms with Gasteiger partial charge in [-0.1, -0.05) is 0 Å². The van der Waals surface area contributed by atoms with E-state index in [1.54, 1.807) is 12.4 Å². The van der Waals surface area contributed by atoms with Gasteiger partial charge in [-0.25, -0.2) is 9.67 Å². The fourth-order valence-electron chi connectivity index (χ4n) is 3.41. The Hall–Kier alpha value is -3.22. The maximum atomic E-state index is 13.1. The van der Waals surface area contributed by atoms with Gasteiger partial charge < -0.3 is 5.32 Å². The number of carbonyl (C=O) groups is 1. The molecule has 1 saturated carbocycles. The third kappa shape index (κ3) is 2.75. The molecule has 27 heavy (non-hydrogen) atoms. The highest BCUT2D eigenvalue weighted by Gasteiger charge is 2.28. The van der Waals surface area contributed by atoms with E-state index < -0.39 is 0 Å². The van der Waals surface area contributed by atoms with E-state index in [-0.39, 0.29) is 11.9 Å². The predicted molar refractivity (Wildman–Crippen MR) is 104 cm³/mol. The average molecular weight is 360 g/mol. The van der Waals surface area contributed by atoms with Crippen LogP contribution in [0.4, 0.5) is 5.69 Å². The minimum atomic E-state index is -0.143. The summed E-state index contributed by atoms with van der Waals surface area (Å²) in [5.74, 6) is 0.314. The van der Waals surface area contributed by atoms with E-state index in [0.717, 1.165) is 46.2 Å². The van der Waals surface area contributed by atoms with E-state index in [9.17, 15) is 4.79 Å². The van der Waals surface area contributed by atoms with Gasteiger partial charge in [0, 0.05) is 28.7 Å². The van der Waals surface area contributed by atoms with Crippen LogP contribution in [-0.2, 0) is 0 Å². The van der Waals surface area contributed by atoms with Crippen LogP contribution in [0.2, 0.25) is 0 Å². The topological polar surface area (TPSA) is 88.5 Å². The molecule has 1 aliphatic rings. The van der Waals surface area contributed by atoms with Crippen molar-refractivity contribution in [2.75, 3.05) is 5.32 Å². The summed E-state index contributed by atoms with van der Waals surface area (Å²) in [6.45, 7) is 4.13. The lowest BCUT2D eigenvalue weighted by atomic mass is 10.1. The Morgan fingerprint density at radius 1 is 1.26 bits per heavy atom. The Morgan fingerprint density at radius 3 is 2.89 bits per heavy atom. The molecule has 1 amide bonds. The van der Waals surface area contributed by atoms with Gasteiger partial charge in [0.1, 0.15) is 0 Å². The van der Waals surface area contributed by atoms with Crippen LogP contribution in [0.25, 0.3) is 21.9 Å². The first-order valence-corrected chi connectivity index (χ1v) is 9.23. The zero-order valence-electron chi connectivity index (χ0n) is 15.2. The highest BCUT2D eigenvalue weighted by Crippen LogP contribution is 2.40. The van der Waals surface area contributed by atoms with Crippen LogP contribution in [0.3, 0.4) is 0 Å². The van der Waals surface area contributed by atoms with E-state index in [0.29, 0.717) is 11.5 Å². The molecular weight excluding hydrogens is 340 g/mol. The third-order valence-corrected chi connectivity index (χ3v) is 5.01. The van der Waals surface area contributed by atoms with Gasteiger partial charge in [0.15, 0.2) is 5.65 Å². The molecule has 0 unspecified atom stereocenters. The highest BCUT2D eigenvalue weighted by molar-refractivity contribution is 6.12. The zero-order chi connectivity index (χ0) is 18.5. The van der Waals surface area contributed by atoms with Crippen molar-refractivity contribution in [2.24, 2.45) is 0 Å². The Balaban J connectivity index is 1.57. The van der Waals surface area contributed by atoms with Crippen LogP contribution >= 0.6 is 0 Å². The molecule has 7 heteroatoms. The number of fused-ring (bicyclic) bond motifs is 2. The van der Waals surface area contributed by atoms with E-state index in [2.05, 4.69) is 34.5 Å². The van der Waals surface area contributed by atoms with Crippen molar-refractivity contribution in [3.8, 4) is 0 Å². The van der Waals surface area contributed by atoms with Crippen LogP contribution in [0, 0.1) is 0 Å². The fourth-order valence-corrected chi connectivity index (χ4v) is 3.41. The van der Waals surface area contributed by atoms with Crippen LogP contribution in [0.15, 0.2) is 36.7 Å². The Kier molecular flexibility index (Phi) is 3.50. The summed E-state index contributed by atoms with van der Waals surface area (Å²) in [6, 6.07) is 7.80. The second-order valence-electron chi connectivity index (χ2n) is 7.42. The molecule has 5 rings (SSSR count). The molecule has 3 aromatic heterocycles. The molecule has 1 aliphatic carbocycles. The Morgan fingerprint density at radius 2 is 2.11 bits per heavy atom. The summed E-state index contributed by atoms with van der Waals surface area (Å²) in [4.78, 5) is 17.9. The molecule has 0 bridgehead atoms. The first kappa shape index (κ1) is 16.0. The number of aromatic amines is 1. The number of pyridine rings is 1. The third-order valence-electron chi connectivity index (χ3n) is 5.01. The van der Waals surface area contributed by atoms with E-state index >= 15 is 0 Å². The van der Waals surface area contributed by atoms with Crippen molar-refractivity contribution in [2.45, 2.75) is 38.6 Å². The predicted octanol–water partition coefficient (Wildman–Crippen LogP) is 4.02. The van der Waals surface area contributed by atoms with Gasteiger partial charge >= 0.3 is 0 Å². The minimum Gasteiger partial charge on any atom is -0.322 e. The molecule has 3 heterocycles. The summed E-state index contributed by atoms with van der Waals surface area (Å²) < 4.78 is 1.88. The number of nitrogens with zero attached hydrogens (tertiary/aromatic N) is 4. The largest absolute Gasteiger partial charge is 0.322 e. The smallest absolute Gasteiger partial charge is 0.256 e. The number of amides is 1. The first-order chi connectivity index (χ1) is 13.1. The van der Waals surface area contributed by atoms with Gasteiger partial charge in [-0.2, -0.15) is 10.2 Å². The van der Waals surface area contributed by atoms with E-state index in [4.69, 9.17) is 4.98 Å². The van der Waals surface area contributed by atoms with Crippen molar-refractivity contribution in [3.05, 3.63) is 47.9 Å². The standard InChI is InChI=1S/C20H20N6O/c1-11(2)26-19-16(10-22-26)15(8-18(24-19)12-3-4-12)20(27)23-14-5-6-17-13(7-14)9-21-25-17/h5-12H,3-4H2,1-2H3,(H,21,25)(H,23,27). The number of rotatable bonds is 4. The Labute approximate surface area is 155 Å². The van der Waals surface area contributed by atoms with E-state index in [1.165, 1.54) is 0 Å². The maximum absolute atomic E-state index is 13.1. The lowest BCUT2D eigenvalue weighted by molar-refractivity contribution is 0.102. The SMILES string of the molecule is CC(C)n1ncc2c(C(=O)Nc3ccc4[nH]ncc4c3)cc(C3CC3)nc21. The number of carbonyl (C=O) groups excluding carboxylic acids is 1. The summed E-state index contributed by atoms with van der Waals surface area (Å²) in [6.07, 6.45) is 5.75. The fraction of sp³-hybridized carbons (Fsp3) is 0.300. The summed E-state index contributed by atoms with van der Waals surface area (Å²) in [7, 11) is 0. The van der Waals surface area contributed by atoms with Gasteiger partial charge in [0.2, 0.25) is 0 Å². The molecule has 0 radical (unpaired) electrons. The molecule has 1 fully saturated rings. The molecular formula is C20H20N6O. The van der Waals surface area contributed by atoms with Crippen molar-refractivity contribution >= 4 is 33.5 Å². The zero-order valence-corrected chi connectivity index (χ0v) is 15.2. The maximum Gasteiger partial charge on any atom is 0.256 e. The molecule has 0 saturated heterocycles. The number of nitrogens with one attached hydrogen (secondary N) is 2. The quantitative estimate of drug-likeness (QED) is 0.575.